The minimum Gasteiger partial charge on any atom is -0.497 e. The molecule has 2 aromatic carbocycles. The van der Waals surface area contributed by atoms with E-state index in [9.17, 15) is 9.59 Å². The molecule has 196 valence electrons. The fraction of sp³-hybridized carbons (Fsp3) is 0.484. The van der Waals surface area contributed by atoms with Gasteiger partial charge in [0.05, 0.1) is 23.8 Å². The average Bonchev–Trinajstić information content (AvgIpc) is 3.60. The third kappa shape index (κ3) is 5.16. The Kier molecular flexibility index (Phi) is 6.86. The van der Waals surface area contributed by atoms with Crippen LogP contribution >= 0.6 is 11.6 Å². The van der Waals surface area contributed by atoms with Crippen molar-refractivity contribution in [3.63, 3.8) is 0 Å². The molecule has 5 rings (SSSR count). The van der Waals surface area contributed by atoms with Crippen molar-refractivity contribution in [3.8, 4) is 17.0 Å². The van der Waals surface area contributed by atoms with Crippen LogP contribution in [0.25, 0.3) is 22.2 Å². The van der Waals surface area contributed by atoms with Crippen LogP contribution in [0.3, 0.4) is 0 Å². The smallest absolute Gasteiger partial charge is 0.338 e. The molecule has 0 aliphatic heterocycles. The first kappa shape index (κ1) is 25.8. The van der Waals surface area contributed by atoms with Crippen LogP contribution in [0.5, 0.6) is 5.75 Å². The molecule has 0 atom stereocenters. The van der Waals surface area contributed by atoms with E-state index < -0.39 is 11.0 Å². The summed E-state index contributed by atoms with van der Waals surface area (Å²) >= 11 is 6.14. The molecule has 6 heteroatoms. The van der Waals surface area contributed by atoms with Crippen LogP contribution in [0.1, 0.15) is 87.6 Å². The number of carbonyl (C=O) groups is 2. The molecule has 0 N–H and O–H groups in total. The monoisotopic (exact) mass is 521 g/mol. The number of hydrogen-bond acceptors (Lipinski definition) is 4. The molecule has 2 aliphatic rings. The predicted octanol–water partition coefficient (Wildman–Crippen LogP) is 7.87. The highest BCUT2D eigenvalue weighted by Crippen LogP contribution is 2.52. The van der Waals surface area contributed by atoms with Gasteiger partial charge >= 0.3 is 5.97 Å². The second-order valence-corrected chi connectivity index (χ2v) is 12.0. The molecular weight excluding hydrogens is 486 g/mol. The van der Waals surface area contributed by atoms with Gasteiger partial charge in [-0.25, -0.2) is 4.79 Å². The first-order valence-electron chi connectivity index (χ1n) is 13.4. The Morgan fingerprint density at radius 1 is 1.03 bits per heavy atom. The molecule has 2 fully saturated rings. The number of esters is 1. The van der Waals surface area contributed by atoms with Gasteiger partial charge < -0.3 is 14.0 Å². The summed E-state index contributed by atoms with van der Waals surface area (Å²) in [5.41, 5.74) is 3.84. The van der Waals surface area contributed by atoms with E-state index in [1.807, 2.05) is 45.0 Å². The van der Waals surface area contributed by atoms with Crippen LogP contribution in [0, 0.1) is 5.41 Å². The lowest BCUT2D eigenvalue weighted by Crippen LogP contribution is -2.24. The molecule has 1 aromatic heterocycles. The number of nitrogens with zero attached hydrogens (tertiary/aromatic N) is 1. The molecule has 0 saturated heterocycles. The number of methoxy groups -OCH3 is 1. The van der Waals surface area contributed by atoms with Gasteiger partial charge in [0.2, 0.25) is 5.24 Å². The molecule has 1 heterocycles. The quantitative estimate of drug-likeness (QED) is 0.234. The van der Waals surface area contributed by atoms with Gasteiger partial charge in [-0.05, 0) is 111 Å². The molecule has 2 saturated carbocycles. The van der Waals surface area contributed by atoms with Crippen molar-refractivity contribution in [3.05, 3.63) is 53.6 Å². The largest absolute Gasteiger partial charge is 0.497 e. The minimum absolute atomic E-state index is 0.280. The summed E-state index contributed by atoms with van der Waals surface area (Å²) in [7, 11) is 1.67. The topological polar surface area (TPSA) is 57.5 Å². The highest BCUT2D eigenvalue weighted by Gasteiger charge is 2.50. The van der Waals surface area contributed by atoms with E-state index in [1.165, 1.54) is 24.8 Å². The summed E-state index contributed by atoms with van der Waals surface area (Å²) in [6.45, 7) is 6.12. The second kappa shape index (κ2) is 9.83. The van der Waals surface area contributed by atoms with E-state index in [4.69, 9.17) is 21.1 Å². The summed E-state index contributed by atoms with van der Waals surface area (Å²) in [5, 5.41) is 0.861. The molecule has 5 nitrogen and oxygen atoms in total. The molecule has 0 radical (unpaired) electrons. The maximum atomic E-state index is 13.0. The minimum atomic E-state index is -0.585. The maximum Gasteiger partial charge on any atom is 0.338 e. The van der Waals surface area contributed by atoms with Gasteiger partial charge in [0.1, 0.15) is 11.4 Å². The van der Waals surface area contributed by atoms with E-state index >= 15 is 0 Å². The molecule has 0 bridgehead atoms. The van der Waals surface area contributed by atoms with E-state index in [1.54, 1.807) is 7.11 Å². The lowest BCUT2D eigenvalue weighted by Gasteiger charge is -2.24. The van der Waals surface area contributed by atoms with Crippen LogP contribution in [0.15, 0.2) is 42.5 Å². The summed E-state index contributed by atoms with van der Waals surface area (Å²) in [6, 6.07) is 14.0. The highest BCUT2D eigenvalue weighted by molar-refractivity contribution is 6.65. The predicted molar refractivity (Wildman–Crippen MR) is 147 cm³/mol. The molecule has 37 heavy (non-hydrogen) atoms. The highest BCUT2D eigenvalue weighted by atomic mass is 35.5. The van der Waals surface area contributed by atoms with Crippen molar-refractivity contribution in [2.45, 2.75) is 83.8 Å². The SMILES string of the molecule is COc1ccc(-c2c(C3CCCCC3)c3ccc(C(=O)OC(C)(C)C)cc3n2CC2(C(=O)Cl)CC2)cc1. The van der Waals surface area contributed by atoms with Gasteiger partial charge in [-0.2, -0.15) is 0 Å². The van der Waals surface area contributed by atoms with Crippen molar-refractivity contribution >= 4 is 33.7 Å². The van der Waals surface area contributed by atoms with Gasteiger partial charge in [-0.15, -0.1) is 0 Å². The van der Waals surface area contributed by atoms with E-state index in [0.717, 1.165) is 53.6 Å². The van der Waals surface area contributed by atoms with Crippen LogP contribution < -0.4 is 4.74 Å². The normalized spacial score (nSPS) is 17.5. The number of hydrogen-bond donors (Lipinski definition) is 0. The number of fused-ring (bicyclic) bond motifs is 1. The van der Waals surface area contributed by atoms with Crippen LogP contribution in [-0.2, 0) is 16.1 Å². The zero-order chi connectivity index (χ0) is 26.4. The lowest BCUT2D eigenvalue weighted by atomic mass is 9.81. The fourth-order valence-corrected chi connectivity index (χ4v) is 5.99. The Balaban J connectivity index is 1.75. The molecule has 0 amide bonds. The summed E-state index contributed by atoms with van der Waals surface area (Å²) in [6.07, 6.45) is 7.51. The standard InChI is InChI=1S/C31H36ClNO4/c1-30(2,3)37-28(34)22-12-15-24-25(18-22)33(19-31(16-17-31)29(32)35)27(21-10-13-23(36-4)14-11-21)26(24)20-8-6-5-7-9-20/h10-15,18,20H,5-9,16-17,19H2,1-4H3. The van der Waals surface area contributed by atoms with E-state index in [0.29, 0.717) is 18.0 Å². The fourth-order valence-electron chi connectivity index (χ4n) is 5.74. The van der Waals surface area contributed by atoms with Gasteiger partial charge in [-0.1, -0.05) is 25.3 Å². The Labute approximate surface area is 224 Å². The van der Waals surface area contributed by atoms with Crippen LogP contribution in [-0.4, -0.2) is 28.5 Å². The van der Waals surface area contributed by atoms with Gasteiger partial charge in [-0.3, -0.25) is 4.79 Å². The van der Waals surface area contributed by atoms with Gasteiger partial charge in [0.15, 0.2) is 0 Å². The summed E-state index contributed by atoms with van der Waals surface area (Å²) in [4.78, 5) is 25.5. The number of rotatable bonds is 7. The first-order valence-corrected chi connectivity index (χ1v) is 13.7. The molecular formula is C31H36ClNO4. The van der Waals surface area contributed by atoms with Crippen molar-refractivity contribution < 1.29 is 19.1 Å². The Hall–Kier alpha value is -2.79. The third-order valence-corrected chi connectivity index (χ3v) is 8.25. The van der Waals surface area contributed by atoms with E-state index in [-0.39, 0.29) is 11.2 Å². The number of halogens is 1. The molecule has 2 aliphatic carbocycles. The van der Waals surface area contributed by atoms with E-state index in [2.05, 4.69) is 22.8 Å². The van der Waals surface area contributed by atoms with Crippen molar-refractivity contribution in [1.82, 2.24) is 4.57 Å². The van der Waals surface area contributed by atoms with Gasteiger partial charge in [0, 0.05) is 17.4 Å². The Bertz CT molecular complexity index is 1320. The lowest BCUT2D eigenvalue weighted by molar-refractivity contribution is -0.116. The van der Waals surface area contributed by atoms with Crippen molar-refractivity contribution in [2.24, 2.45) is 5.41 Å². The second-order valence-electron chi connectivity index (χ2n) is 11.7. The molecule has 0 spiro atoms. The number of ether oxygens (including phenoxy) is 2. The average molecular weight is 522 g/mol. The number of carbonyl (C=O) groups excluding carboxylic acids is 2. The Morgan fingerprint density at radius 2 is 1.70 bits per heavy atom. The third-order valence-electron chi connectivity index (χ3n) is 7.85. The summed E-state index contributed by atoms with van der Waals surface area (Å²) < 4.78 is 13.4. The zero-order valence-electron chi connectivity index (χ0n) is 22.2. The van der Waals surface area contributed by atoms with Gasteiger partial charge in [0.25, 0.3) is 0 Å². The zero-order valence-corrected chi connectivity index (χ0v) is 23.0. The van der Waals surface area contributed by atoms with Crippen LogP contribution in [0.2, 0.25) is 0 Å². The number of benzene rings is 2. The van der Waals surface area contributed by atoms with Crippen LogP contribution in [0.4, 0.5) is 0 Å². The van der Waals surface area contributed by atoms with Crippen molar-refractivity contribution in [2.75, 3.05) is 7.11 Å². The molecule has 3 aromatic rings. The summed E-state index contributed by atoms with van der Waals surface area (Å²) in [5.74, 6) is 0.873. The first-order chi connectivity index (χ1) is 17.6. The number of aromatic nitrogens is 1. The molecule has 0 unspecified atom stereocenters. The maximum absolute atomic E-state index is 13.0. The van der Waals surface area contributed by atoms with Crippen molar-refractivity contribution in [1.29, 1.82) is 0 Å². The Morgan fingerprint density at radius 3 is 2.27 bits per heavy atom.